The first-order valence-electron chi connectivity index (χ1n) is 7.23. The Morgan fingerprint density at radius 2 is 2.05 bits per heavy atom. The Bertz CT molecular complexity index is 479. The number of rotatable bonds is 8. The van der Waals surface area contributed by atoms with E-state index in [1.807, 2.05) is 25.8 Å². The van der Waals surface area contributed by atoms with Gasteiger partial charge in [0.05, 0.1) is 5.69 Å². The van der Waals surface area contributed by atoms with Crippen molar-refractivity contribution >= 4 is 11.7 Å². The van der Waals surface area contributed by atoms with Crippen molar-refractivity contribution in [3.63, 3.8) is 0 Å². The fourth-order valence-corrected chi connectivity index (χ4v) is 2.43. The van der Waals surface area contributed by atoms with Crippen LogP contribution >= 0.6 is 0 Å². The summed E-state index contributed by atoms with van der Waals surface area (Å²) in [7, 11) is 1.81. The molecule has 0 saturated carbocycles. The van der Waals surface area contributed by atoms with E-state index in [9.17, 15) is 14.3 Å². The third kappa shape index (κ3) is 5.01. The fourth-order valence-electron chi connectivity index (χ4n) is 2.43. The molecule has 0 aliphatic heterocycles. The lowest BCUT2D eigenvalue weighted by atomic mass is 9.94. The van der Waals surface area contributed by atoms with E-state index in [2.05, 4.69) is 5.32 Å². The first kappa shape index (κ1) is 17.4. The maximum atomic E-state index is 13.7. The summed E-state index contributed by atoms with van der Waals surface area (Å²) in [6.45, 7) is 6.14. The topological polar surface area (TPSA) is 52.6 Å². The van der Waals surface area contributed by atoms with Crippen molar-refractivity contribution in [1.29, 1.82) is 0 Å². The molecule has 0 amide bonds. The van der Waals surface area contributed by atoms with E-state index in [1.165, 1.54) is 6.07 Å². The monoisotopic (exact) mass is 296 g/mol. The number of halogens is 1. The molecule has 2 N–H and O–H groups in total. The molecular weight excluding hydrogens is 271 g/mol. The van der Waals surface area contributed by atoms with Crippen molar-refractivity contribution in [2.45, 2.75) is 45.2 Å². The van der Waals surface area contributed by atoms with Gasteiger partial charge in [-0.3, -0.25) is 10.1 Å². The van der Waals surface area contributed by atoms with Crippen molar-refractivity contribution < 1.29 is 14.3 Å². The quantitative estimate of drug-likeness (QED) is 0.774. The summed E-state index contributed by atoms with van der Waals surface area (Å²) in [5, 5.41) is 12.5. The normalized spacial score (nSPS) is 14.0. The van der Waals surface area contributed by atoms with Gasteiger partial charge in [0.25, 0.3) is 0 Å². The van der Waals surface area contributed by atoms with Gasteiger partial charge in [0.1, 0.15) is 11.4 Å². The standard InChI is InChI=1S/C16H25FN2O2/c1-12(2)18-16(3,15(20)21)10-7-11-19(4)14-9-6-5-8-13(14)17/h5-6,8-9,12,18H,7,10-11H2,1-4H3,(H,20,21). The lowest BCUT2D eigenvalue weighted by Gasteiger charge is -2.29. The third-order valence-electron chi connectivity index (χ3n) is 3.51. The number of anilines is 1. The van der Waals surface area contributed by atoms with E-state index in [-0.39, 0.29) is 11.9 Å². The van der Waals surface area contributed by atoms with E-state index in [4.69, 9.17) is 0 Å². The van der Waals surface area contributed by atoms with Gasteiger partial charge in [0.15, 0.2) is 0 Å². The zero-order valence-corrected chi connectivity index (χ0v) is 13.2. The smallest absolute Gasteiger partial charge is 0.323 e. The molecule has 0 radical (unpaired) electrons. The summed E-state index contributed by atoms with van der Waals surface area (Å²) in [5.41, 5.74) is -0.420. The summed E-state index contributed by atoms with van der Waals surface area (Å²) in [6.07, 6.45) is 1.15. The van der Waals surface area contributed by atoms with Crippen LogP contribution in [0.1, 0.15) is 33.6 Å². The third-order valence-corrected chi connectivity index (χ3v) is 3.51. The zero-order valence-electron chi connectivity index (χ0n) is 13.2. The second kappa shape index (κ2) is 7.41. The Balaban J connectivity index is 2.58. The van der Waals surface area contributed by atoms with Crippen LogP contribution < -0.4 is 10.2 Å². The van der Waals surface area contributed by atoms with E-state index in [1.54, 1.807) is 25.1 Å². The van der Waals surface area contributed by atoms with E-state index < -0.39 is 11.5 Å². The highest BCUT2D eigenvalue weighted by molar-refractivity contribution is 5.78. The average molecular weight is 296 g/mol. The summed E-state index contributed by atoms with van der Waals surface area (Å²) in [4.78, 5) is 13.2. The van der Waals surface area contributed by atoms with E-state index >= 15 is 0 Å². The van der Waals surface area contributed by atoms with Gasteiger partial charge in [0, 0.05) is 19.6 Å². The number of nitrogens with zero attached hydrogens (tertiary/aromatic N) is 1. The number of carbonyl (C=O) groups is 1. The highest BCUT2D eigenvalue weighted by Crippen LogP contribution is 2.19. The molecule has 5 heteroatoms. The number of hydrogen-bond donors (Lipinski definition) is 2. The molecule has 1 aromatic carbocycles. The van der Waals surface area contributed by atoms with Crippen molar-refractivity contribution in [3.8, 4) is 0 Å². The van der Waals surface area contributed by atoms with Gasteiger partial charge in [-0.25, -0.2) is 4.39 Å². The molecule has 118 valence electrons. The van der Waals surface area contributed by atoms with Crippen molar-refractivity contribution in [2.75, 3.05) is 18.5 Å². The molecule has 0 aliphatic rings. The lowest BCUT2D eigenvalue weighted by Crippen LogP contribution is -2.52. The molecule has 4 nitrogen and oxygen atoms in total. The van der Waals surface area contributed by atoms with Gasteiger partial charge >= 0.3 is 5.97 Å². The van der Waals surface area contributed by atoms with Crippen LogP contribution in [0.3, 0.4) is 0 Å². The van der Waals surface area contributed by atoms with Gasteiger partial charge in [-0.05, 0) is 45.7 Å². The minimum absolute atomic E-state index is 0.0930. The predicted octanol–water partition coefficient (Wildman–Crippen LogP) is 2.88. The van der Waals surface area contributed by atoms with Crippen molar-refractivity contribution in [1.82, 2.24) is 5.32 Å². The summed E-state index contributed by atoms with van der Waals surface area (Å²) in [5.74, 6) is -1.12. The number of aliphatic carboxylic acids is 1. The van der Waals surface area contributed by atoms with Gasteiger partial charge in [0.2, 0.25) is 0 Å². The van der Waals surface area contributed by atoms with Crippen LogP contribution in [0.15, 0.2) is 24.3 Å². The minimum Gasteiger partial charge on any atom is -0.480 e. The Kier molecular flexibility index (Phi) is 6.15. The number of carboxylic acids is 1. The van der Waals surface area contributed by atoms with Crippen LogP contribution in [0, 0.1) is 5.82 Å². The minimum atomic E-state index is -0.954. The van der Waals surface area contributed by atoms with Crippen LogP contribution in [0.4, 0.5) is 10.1 Å². The van der Waals surface area contributed by atoms with E-state index in [0.717, 1.165) is 0 Å². The molecule has 1 atom stereocenters. The van der Waals surface area contributed by atoms with Crippen LogP contribution in [0.2, 0.25) is 0 Å². The molecule has 1 unspecified atom stereocenters. The molecule has 0 spiro atoms. The highest BCUT2D eigenvalue weighted by Gasteiger charge is 2.32. The molecule has 0 saturated heterocycles. The first-order chi connectivity index (χ1) is 9.76. The molecule has 1 rings (SSSR count). The summed E-state index contributed by atoms with van der Waals surface area (Å²) in [6, 6.07) is 6.68. The maximum Gasteiger partial charge on any atom is 0.323 e. The van der Waals surface area contributed by atoms with Crippen LogP contribution in [-0.2, 0) is 4.79 Å². The predicted molar refractivity (Wildman–Crippen MR) is 83.2 cm³/mol. The molecule has 0 fully saturated rings. The second-order valence-electron chi connectivity index (χ2n) is 5.91. The average Bonchev–Trinajstić information content (AvgIpc) is 2.38. The van der Waals surface area contributed by atoms with Crippen molar-refractivity contribution in [3.05, 3.63) is 30.1 Å². The number of nitrogens with one attached hydrogen (secondary N) is 1. The van der Waals surface area contributed by atoms with Gasteiger partial charge in [-0.2, -0.15) is 0 Å². The summed E-state index contributed by atoms with van der Waals surface area (Å²) >= 11 is 0. The van der Waals surface area contributed by atoms with Crippen LogP contribution in [-0.4, -0.2) is 36.2 Å². The Morgan fingerprint density at radius 1 is 1.43 bits per heavy atom. The SMILES string of the molecule is CC(C)NC(C)(CCCN(C)c1ccccc1F)C(=O)O. The second-order valence-corrected chi connectivity index (χ2v) is 5.91. The number of benzene rings is 1. The van der Waals surface area contributed by atoms with Crippen molar-refractivity contribution in [2.24, 2.45) is 0 Å². The molecule has 0 aromatic heterocycles. The van der Waals surface area contributed by atoms with Gasteiger partial charge in [-0.15, -0.1) is 0 Å². The van der Waals surface area contributed by atoms with Gasteiger partial charge in [-0.1, -0.05) is 12.1 Å². The fraction of sp³-hybridized carbons (Fsp3) is 0.562. The van der Waals surface area contributed by atoms with Gasteiger partial charge < -0.3 is 10.0 Å². The Labute approximate surface area is 126 Å². The Morgan fingerprint density at radius 3 is 2.57 bits per heavy atom. The van der Waals surface area contributed by atoms with Crippen LogP contribution in [0.25, 0.3) is 0 Å². The number of hydrogen-bond acceptors (Lipinski definition) is 3. The number of carboxylic acid groups (broad SMARTS) is 1. The van der Waals surface area contributed by atoms with Crippen LogP contribution in [0.5, 0.6) is 0 Å². The largest absolute Gasteiger partial charge is 0.480 e. The molecule has 0 aliphatic carbocycles. The maximum absolute atomic E-state index is 13.7. The molecular formula is C16H25FN2O2. The zero-order chi connectivity index (χ0) is 16.0. The molecule has 21 heavy (non-hydrogen) atoms. The molecule has 1 aromatic rings. The van der Waals surface area contributed by atoms with E-state index in [0.29, 0.717) is 25.1 Å². The number of para-hydroxylation sites is 1. The summed E-state index contributed by atoms with van der Waals surface area (Å²) < 4.78 is 13.7. The molecule has 0 heterocycles. The Hall–Kier alpha value is -1.62. The highest BCUT2D eigenvalue weighted by atomic mass is 19.1. The molecule has 0 bridgehead atoms. The lowest BCUT2D eigenvalue weighted by molar-refractivity contribution is -0.144. The first-order valence-corrected chi connectivity index (χ1v) is 7.23.